The number of thiazole rings is 1. The number of para-hydroxylation sites is 1. The highest BCUT2D eigenvalue weighted by molar-refractivity contribution is 7.22. The molecule has 0 unspecified atom stereocenters. The maximum Gasteiger partial charge on any atom is 0.238 e. The first-order chi connectivity index (χ1) is 14.5. The first kappa shape index (κ1) is 20.5. The Labute approximate surface area is 180 Å². The van der Waals surface area contributed by atoms with Crippen LogP contribution in [-0.2, 0) is 9.59 Å². The van der Waals surface area contributed by atoms with E-state index in [0.717, 1.165) is 53.0 Å². The number of hydrogen-bond acceptors (Lipinski definition) is 5. The van der Waals surface area contributed by atoms with Crippen LogP contribution in [0.25, 0.3) is 10.2 Å². The van der Waals surface area contributed by atoms with E-state index in [4.69, 9.17) is 0 Å². The van der Waals surface area contributed by atoms with E-state index >= 15 is 0 Å². The van der Waals surface area contributed by atoms with Gasteiger partial charge >= 0.3 is 0 Å². The van der Waals surface area contributed by atoms with Crippen LogP contribution in [-0.4, -0.2) is 41.3 Å². The zero-order chi connectivity index (χ0) is 21.1. The Morgan fingerprint density at radius 3 is 2.47 bits per heavy atom. The number of anilines is 2. The molecule has 7 heteroatoms. The number of piperidine rings is 1. The van der Waals surface area contributed by atoms with Crippen molar-refractivity contribution in [1.82, 2.24) is 9.88 Å². The molecular formula is C23H26N4O2S. The largest absolute Gasteiger partial charge is 0.325 e. The molecule has 0 aliphatic carbocycles. The molecule has 0 saturated carbocycles. The molecule has 1 saturated heterocycles. The Balaban J connectivity index is 1.25. The molecule has 0 radical (unpaired) electrons. The molecule has 0 spiro atoms. The quantitative estimate of drug-likeness (QED) is 0.646. The van der Waals surface area contributed by atoms with Gasteiger partial charge in [0.25, 0.3) is 0 Å². The summed E-state index contributed by atoms with van der Waals surface area (Å²) in [6.07, 6.45) is 1.49. The third-order valence-corrected chi connectivity index (χ3v) is 6.31. The lowest BCUT2D eigenvalue weighted by Gasteiger charge is -2.30. The molecule has 1 aliphatic rings. The molecule has 30 heavy (non-hydrogen) atoms. The number of amides is 2. The lowest BCUT2D eigenvalue weighted by molar-refractivity contribution is -0.121. The van der Waals surface area contributed by atoms with Gasteiger partial charge in [0, 0.05) is 11.6 Å². The maximum atomic E-state index is 12.6. The Hall–Kier alpha value is -2.77. The molecule has 0 atom stereocenters. The van der Waals surface area contributed by atoms with Crippen LogP contribution in [0.1, 0.15) is 24.0 Å². The van der Waals surface area contributed by atoms with Crippen LogP contribution in [0.3, 0.4) is 0 Å². The van der Waals surface area contributed by atoms with Gasteiger partial charge < -0.3 is 10.6 Å². The number of aryl methyl sites for hydroxylation is 2. The number of nitrogens with zero attached hydrogens (tertiary/aromatic N) is 2. The van der Waals surface area contributed by atoms with Crippen molar-refractivity contribution >= 4 is 44.2 Å². The molecular weight excluding hydrogens is 396 g/mol. The second-order valence-corrected chi connectivity index (χ2v) is 8.98. The highest BCUT2D eigenvalue weighted by atomic mass is 32.1. The molecule has 1 aliphatic heterocycles. The number of benzene rings is 2. The number of aromatic nitrogens is 1. The Morgan fingerprint density at radius 2 is 1.77 bits per heavy atom. The van der Waals surface area contributed by atoms with Crippen molar-refractivity contribution in [1.29, 1.82) is 0 Å². The number of nitrogens with one attached hydrogen (secondary N) is 2. The van der Waals surface area contributed by atoms with Gasteiger partial charge in [0.1, 0.15) is 0 Å². The average Bonchev–Trinajstić information content (AvgIpc) is 3.09. The predicted octanol–water partition coefficient (Wildman–Crippen LogP) is 4.20. The number of likely N-dealkylation sites (tertiary alicyclic amines) is 1. The third kappa shape index (κ3) is 5.04. The van der Waals surface area contributed by atoms with E-state index < -0.39 is 0 Å². The van der Waals surface area contributed by atoms with Gasteiger partial charge in [-0.2, -0.15) is 0 Å². The number of hydrogen-bond donors (Lipinski definition) is 2. The van der Waals surface area contributed by atoms with Crippen molar-refractivity contribution in [3.63, 3.8) is 0 Å². The van der Waals surface area contributed by atoms with E-state index in [1.54, 1.807) is 0 Å². The molecule has 4 rings (SSSR count). The summed E-state index contributed by atoms with van der Waals surface area (Å²) in [5, 5.41) is 6.60. The van der Waals surface area contributed by atoms with E-state index in [1.165, 1.54) is 11.3 Å². The van der Waals surface area contributed by atoms with Crippen LogP contribution in [0.5, 0.6) is 0 Å². The minimum atomic E-state index is -0.0456. The molecule has 1 aromatic heterocycles. The highest BCUT2D eigenvalue weighted by Crippen LogP contribution is 2.27. The van der Waals surface area contributed by atoms with Gasteiger partial charge in [-0.3, -0.25) is 14.5 Å². The maximum absolute atomic E-state index is 12.6. The molecule has 3 aromatic rings. The van der Waals surface area contributed by atoms with Crippen LogP contribution in [0.15, 0.2) is 42.5 Å². The van der Waals surface area contributed by atoms with E-state index in [-0.39, 0.29) is 17.7 Å². The van der Waals surface area contributed by atoms with Gasteiger partial charge in [0.05, 0.1) is 16.8 Å². The first-order valence-electron chi connectivity index (χ1n) is 10.2. The topological polar surface area (TPSA) is 74.3 Å². The van der Waals surface area contributed by atoms with Gasteiger partial charge in [0.15, 0.2) is 5.13 Å². The molecule has 1 fully saturated rings. The lowest BCUT2D eigenvalue weighted by atomic mass is 9.96. The second-order valence-electron chi connectivity index (χ2n) is 7.95. The smallest absolute Gasteiger partial charge is 0.238 e. The monoisotopic (exact) mass is 422 g/mol. The van der Waals surface area contributed by atoms with Crippen molar-refractivity contribution in [2.75, 3.05) is 30.3 Å². The third-order valence-electron chi connectivity index (χ3n) is 5.36. The zero-order valence-electron chi connectivity index (χ0n) is 17.3. The summed E-state index contributed by atoms with van der Waals surface area (Å²) in [5.41, 5.74) is 4.00. The van der Waals surface area contributed by atoms with E-state index in [9.17, 15) is 9.59 Å². The van der Waals surface area contributed by atoms with Crippen LogP contribution >= 0.6 is 11.3 Å². The van der Waals surface area contributed by atoms with Gasteiger partial charge in [0.2, 0.25) is 11.8 Å². The molecule has 156 valence electrons. The Kier molecular flexibility index (Phi) is 6.11. The first-order valence-corrected chi connectivity index (χ1v) is 11.0. The van der Waals surface area contributed by atoms with E-state index in [0.29, 0.717) is 11.7 Å². The highest BCUT2D eigenvalue weighted by Gasteiger charge is 2.26. The standard InChI is InChI=1S/C23H26N4O2S/c1-15-11-16(2)13-18(12-15)24-21(28)14-27-9-7-17(8-10-27)22(29)26-23-25-19-5-3-4-6-20(19)30-23/h3-6,11-13,17H,7-10,14H2,1-2H3,(H,24,28)(H,25,26,29). The fraction of sp³-hybridized carbons (Fsp3) is 0.348. The van der Waals surface area contributed by atoms with E-state index in [1.807, 2.05) is 50.2 Å². The molecule has 2 aromatic carbocycles. The average molecular weight is 423 g/mol. The SMILES string of the molecule is Cc1cc(C)cc(NC(=O)CN2CCC(C(=O)Nc3nc4ccccc4s3)CC2)c1. The van der Waals surface area contributed by atoms with Gasteiger partial charge in [-0.1, -0.05) is 29.5 Å². The summed E-state index contributed by atoms with van der Waals surface area (Å²) in [7, 11) is 0. The molecule has 0 bridgehead atoms. The predicted molar refractivity (Wildman–Crippen MR) is 122 cm³/mol. The van der Waals surface area contributed by atoms with Crippen LogP contribution in [0.4, 0.5) is 10.8 Å². The fourth-order valence-corrected chi connectivity index (χ4v) is 4.81. The molecule has 2 N–H and O–H groups in total. The number of carbonyl (C=O) groups is 2. The normalized spacial score (nSPS) is 15.3. The van der Waals surface area contributed by atoms with Crippen LogP contribution in [0.2, 0.25) is 0 Å². The van der Waals surface area contributed by atoms with Crippen LogP contribution < -0.4 is 10.6 Å². The fourth-order valence-electron chi connectivity index (χ4n) is 3.94. The zero-order valence-corrected chi connectivity index (χ0v) is 18.1. The van der Waals surface area contributed by atoms with Gasteiger partial charge in [-0.25, -0.2) is 4.98 Å². The summed E-state index contributed by atoms with van der Waals surface area (Å²) in [5.74, 6) is -0.0403. The van der Waals surface area contributed by atoms with Gasteiger partial charge in [-0.15, -0.1) is 0 Å². The number of fused-ring (bicyclic) bond motifs is 1. The molecule has 2 heterocycles. The van der Waals surface area contributed by atoms with Crippen LogP contribution in [0, 0.1) is 19.8 Å². The summed E-state index contributed by atoms with van der Waals surface area (Å²) < 4.78 is 1.07. The number of rotatable bonds is 5. The van der Waals surface area contributed by atoms with Crippen molar-refractivity contribution in [2.45, 2.75) is 26.7 Å². The summed E-state index contributed by atoms with van der Waals surface area (Å²) in [6.45, 7) is 5.86. The van der Waals surface area contributed by atoms with Crippen molar-refractivity contribution in [2.24, 2.45) is 5.92 Å². The minimum absolute atomic E-state index is 0.0163. The molecule has 6 nitrogen and oxygen atoms in total. The summed E-state index contributed by atoms with van der Waals surface area (Å²) in [6, 6.07) is 13.9. The minimum Gasteiger partial charge on any atom is -0.325 e. The Bertz CT molecular complexity index is 1020. The Morgan fingerprint density at radius 1 is 1.07 bits per heavy atom. The summed E-state index contributed by atoms with van der Waals surface area (Å²) >= 11 is 1.49. The lowest BCUT2D eigenvalue weighted by Crippen LogP contribution is -2.41. The van der Waals surface area contributed by atoms with E-state index in [2.05, 4.69) is 26.6 Å². The van der Waals surface area contributed by atoms with Gasteiger partial charge in [-0.05, 0) is 75.2 Å². The second kappa shape index (κ2) is 8.93. The van der Waals surface area contributed by atoms with Crippen molar-refractivity contribution in [3.8, 4) is 0 Å². The number of carbonyl (C=O) groups excluding carboxylic acids is 2. The van der Waals surface area contributed by atoms with Crippen molar-refractivity contribution in [3.05, 3.63) is 53.6 Å². The summed E-state index contributed by atoms with van der Waals surface area (Å²) in [4.78, 5) is 31.6. The molecule has 2 amide bonds. The van der Waals surface area contributed by atoms with Crippen molar-refractivity contribution < 1.29 is 9.59 Å².